The number of fused-ring (bicyclic) bond motifs is 2. The maximum atomic E-state index is 14.1. The molecule has 12 heteroatoms. The predicted octanol–water partition coefficient (Wildman–Crippen LogP) is 7.75. The van der Waals surface area contributed by atoms with Crippen LogP contribution in [0, 0.1) is 0 Å². The lowest BCUT2D eigenvalue weighted by atomic mass is 10.0. The quantitative estimate of drug-likeness (QED) is 0.184. The fraction of sp³-hybridized carbons (Fsp3) is 0.684. The molecule has 280 valence electrons. The van der Waals surface area contributed by atoms with Crippen molar-refractivity contribution >= 4 is 32.1 Å². The van der Waals surface area contributed by atoms with Crippen LogP contribution in [0.15, 0.2) is 30.4 Å². The topological polar surface area (TPSA) is 122 Å². The molecule has 11 nitrogen and oxygen atoms in total. The molecule has 3 aliphatic heterocycles. The van der Waals surface area contributed by atoms with E-state index < -0.39 is 68.1 Å². The summed E-state index contributed by atoms with van der Waals surface area (Å²) in [7, 11) is -2.54. The highest BCUT2D eigenvalue weighted by Crippen LogP contribution is 2.42. The zero-order valence-corrected chi connectivity index (χ0v) is 33.2. The Morgan fingerprint density at radius 3 is 2.28 bits per heavy atom. The second-order valence-corrected chi connectivity index (χ2v) is 21.7. The van der Waals surface area contributed by atoms with Gasteiger partial charge in [0.15, 0.2) is 11.6 Å². The van der Waals surface area contributed by atoms with Gasteiger partial charge in [-0.3, -0.25) is 4.90 Å². The molecule has 2 saturated heterocycles. The van der Waals surface area contributed by atoms with Gasteiger partial charge in [0.25, 0.3) is 8.32 Å². The molecule has 0 saturated carbocycles. The van der Waals surface area contributed by atoms with Crippen molar-refractivity contribution in [3.05, 3.63) is 41.5 Å². The number of nitrogens with zero attached hydrogens (tertiary/aromatic N) is 1. The Balaban J connectivity index is 1.91. The van der Waals surface area contributed by atoms with Crippen LogP contribution in [0.4, 0.5) is 10.5 Å². The molecule has 0 spiro atoms. The van der Waals surface area contributed by atoms with E-state index in [1.807, 2.05) is 60.6 Å². The minimum atomic E-state index is -2.54. The number of carbonyl (C=O) groups excluding carboxylic acids is 2. The normalized spacial score (nSPS) is 28.4. The Hall–Kier alpha value is -2.74. The van der Waals surface area contributed by atoms with E-state index in [0.717, 1.165) is 0 Å². The summed E-state index contributed by atoms with van der Waals surface area (Å²) in [6.45, 7) is 25.5. The van der Waals surface area contributed by atoms with Crippen molar-refractivity contribution in [3.63, 3.8) is 0 Å². The third-order valence-electron chi connectivity index (χ3n) is 9.21. The number of carbonyl (C=O) groups is 2. The molecular formula is C38H59NO10Si. The highest BCUT2D eigenvalue weighted by molar-refractivity contribution is 6.74. The molecule has 3 heterocycles. The Morgan fingerprint density at radius 2 is 1.68 bits per heavy atom. The van der Waals surface area contributed by atoms with Crippen molar-refractivity contribution in [2.24, 2.45) is 0 Å². The Labute approximate surface area is 299 Å². The first kappa shape index (κ1) is 40.0. The summed E-state index contributed by atoms with van der Waals surface area (Å²) in [6.07, 6.45) is 4.41. The van der Waals surface area contributed by atoms with Crippen molar-refractivity contribution in [1.82, 2.24) is 0 Å². The molecule has 1 aromatic carbocycles. The Morgan fingerprint density at radius 1 is 1.00 bits per heavy atom. The SMILES string of the molecule is C[C@H]1C/C=C\[C@@H](O)[C@H]2OC(C)(C)O[C@H]2C/C=C/c2cc(N(CC3COC(C)(C)O3)C(=O)OC(C)(C)C)cc(O[Si](C)(C)C(C)(C)C)c2C(=O)O1. The minimum Gasteiger partial charge on any atom is -0.543 e. The van der Waals surface area contributed by atoms with Crippen LogP contribution in [-0.4, -0.2) is 86.3 Å². The van der Waals surface area contributed by atoms with E-state index in [0.29, 0.717) is 29.8 Å². The van der Waals surface area contributed by atoms with E-state index in [1.54, 1.807) is 31.2 Å². The number of benzene rings is 1. The third-order valence-corrected chi connectivity index (χ3v) is 13.5. The van der Waals surface area contributed by atoms with Crippen molar-refractivity contribution < 1.29 is 47.5 Å². The summed E-state index contributed by atoms with van der Waals surface area (Å²) in [5, 5.41) is 10.8. The van der Waals surface area contributed by atoms with Crippen LogP contribution in [-0.2, 0) is 28.4 Å². The number of ether oxygens (including phenoxy) is 6. The lowest BCUT2D eigenvalue weighted by molar-refractivity contribution is -0.152. The lowest BCUT2D eigenvalue weighted by Crippen LogP contribution is -2.44. The molecule has 1 unspecified atom stereocenters. The fourth-order valence-corrected chi connectivity index (χ4v) is 6.79. The first-order chi connectivity index (χ1) is 22.9. The molecule has 5 atom stereocenters. The van der Waals surface area contributed by atoms with Gasteiger partial charge >= 0.3 is 12.1 Å². The van der Waals surface area contributed by atoms with Gasteiger partial charge < -0.3 is 38.0 Å². The average molecular weight is 718 g/mol. The van der Waals surface area contributed by atoms with Crippen LogP contribution >= 0.6 is 0 Å². The molecule has 4 rings (SSSR count). The number of anilines is 1. The van der Waals surface area contributed by atoms with Gasteiger partial charge in [-0.25, -0.2) is 9.59 Å². The van der Waals surface area contributed by atoms with Crippen molar-refractivity contribution in [2.45, 2.75) is 155 Å². The van der Waals surface area contributed by atoms with Crippen LogP contribution in [0.2, 0.25) is 18.1 Å². The van der Waals surface area contributed by atoms with Crippen LogP contribution < -0.4 is 9.33 Å². The molecule has 0 bridgehead atoms. The van der Waals surface area contributed by atoms with Crippen LogP contribution in [0.1, 0.15) is 105 Å². The molecular weight excluding hydrogens is 659 g/mol. The van der Waals surface area contributed by atoms with Gasteiger partial charge in [0.2, 0.25) is 0 Å². The highest BCUT2D eigenvalue weighted by Gasteiger charge is 2.44. The minimum absolute atomic E-state index is 0.135. The maximum Gasteiger partial charge on any atom is 0.414 e. The number of aliphatic hydroxyl groups is 1. The number of hydrogen-bond acceptors (Lipinski definition) is 10. The molecule has 50 heavy (non-hydrogen) atoms. The second kappa shape index (κ2) is 14.7. The van der Waals surface area contributed by atoms with E-state index in [-0.39, 0.29) is 23.8 Å². The van der Waals surface area contributed by atoms with Crippen molar-refractivity contribution in [3.8, 4) is 5.75 Å². The van der Waals surface area contributed by atoms with E-state index in [2.05, 4.69) is 33.9 Å². The Bertz CT molecular complexity index is 1450. The predicted molar refractivity (Wildman–Crippen MR) is 195 cm³/mol. The first-order valence-corrected chi connectivity index (χ1v) is 20.5. The molecule has 0 aliphatic carbocycles. The van der Waals surface area contributed by atoms with Crippen LogP contribution in [0.5, 0.6) is 5.75 Å². The molecule has 1 N–H and O–H groups in total. The first-order valence-electron chi connectivity index (χ1n) is 17.6. The largest absolute Gasteiger partial charge is 0.543 e. The molecule has 1 amide bonds. The van der Waals surface area contributed by atoms with Gasteiger partial charge in [-0.2, -0.15) is 0 Å². The molecule has 0 aromatic heterocycles. The smallest absolute Gasteiger partial charge is 0.414 e. The monoisotopic (exact) mass is 717 g/mol. The summed E-state index contributed by atoms with van der Waals surface area (Å²) in [6, 6.07) is 3.50. The van der Waals surface area contributed by atoms with Gasteiger partial charge in [-0.05, 0) is 91.6 Å². The van der Waals surface area contributed by atoms with E-state index in [1.165, 1.54) is 4.90 Å². The average Bonchev–Trinajstić information content (AvgIpc) is 3.45. The third kappa shape index (κ3) is 10.2. The van der Waals surface area contributed by atoms with Crippen molar-refractivity contribution in [1.29, 1.82) is 0 Å². The number of rotatable bonds is 5. The summed E-state index contributed by atoms with van der Waals surface area (Å²) < 4.78 is 43.0. The summed E-state index contributed by atoms with van der Waals surface area (Å²) in [5.74, 6) is -1.92. The molecule has 1 aromatic rings. The number of amides is 1. The van der Waals surface area contributed by atoms with E-state index in [4.69, 9.17) is 32.8 Å². The second-order valence-electron chi connectivity index (χ2n) is 17.0. The van der Waals surface area contributed by atoms with Crippen LogP contribution in [0.25, 0.3) is 6.08 Å². The van der Waals surface area contributed by atoms with Gasteiger partial charge in [-0.1, -0.05) is 45.1 Å². The van der Waals surface area contributed by atoms with Gasteiger partial charge in [0.1, 0.15) is 41.3 Å². The highest BCUT2D eigenvalue weighted by atomic mass is 28.4. The summed E-state index contributed by atoms with van der Waals surface area (Å²) >= 11 is 0. The number of aliphatic hydroxyl groups excluding tert-OH is 1. The lowest BCUT2D eigenvalue weighted by Gasteiger charge is -2.37. The molecule has 0 radical (unpaired) electrons. The summed E-state index contributed by atoms with van der Waals surface area (Å²) in [5.41, 5.74) is 0.440. The summed E-state index contributed by atoms with van der Waals surface area (Å²) in [4.78, 5) is 29.6. The zero-order valence-electron chi connectivity index (χ0n) is 32.2. The molecule has 3 aliphatic rings. The van der Waals surface area contributed by atoms with E-state index >= 15 is 0 Å². The molecule has 2 fully saturated rings. The van der Waals surface area contributed by atoms with Gasteiger partial charge in [0, 0.05) is 12.5 Å². The maximum absolute atomic E-state index is 14.1. The zero-order chi connectivity index (χ0) is 37.4. The standard InChI is InChI=1S/C38H59NO10Si/c1-24-16-14-18-28(40)32-29(46-38(10,11)47-32)19-15-17-25-20-26(21-30(31(25)33(41)44-24)49-50(12,13)36(5,6)7)39(34(42)48-35(2,3)4)22-27-23-43-37(8,9)45-27/h14-15,17-18,20-21,24,27-29,32,40H,16,19,22-23H2,1-13H3/b17-15+,18-14-/t24-,27?,28+,29-,32+/m0/s1. The van der Waals surface area contributed by atoms with E-state index in [9.17, 15) is 14.7 Å². The van der Waals surface area contributed by atoms with Crippen molar-refractivity contribution in [2.75, 3.05) is 18.1 Å². The van der Waals surface area contributed by atoms with Crippen LogP contribution in [0.3, 0.4) is 0 Å². The van der Waals surface area contributed by atoms with Gasteiger partial charge in [-0.15, -0.1) is 0 Å². The fourth-order valence-electron chi connectivity index (χ4n) is 5.77. The number of esters is 1. The number of cyclic esters (lactones) is 1. The number of hydrogen-bond donors (Lipinski definition) is 1. The Kier molecular flexibility index (Phi) is 11.8. The van der Waals surface area contributed by atoms with Gasteiger partial charge in [0.05, 0.1) is 24.9 Å².